The third-order valence-corrected chi connectivity index (χ3v) is 7.32. The minimum absolute atomic E-state index is 0.0488. The Labute approximate surface area is 234 Å². The van der Waals surface area contributed by atoms with Gasteiger partial charge in [0.05, 0.1) is 36.3 Å². The molecule has 3 aromatic heterocycles. The lowest BCUT2D eigenvalue weighted by Crippen LogP contribution is -2.29. The largest absolute Gasteiger partial charge is 0.495 e. The number of anilines is 2. The number of benzene rings is 2. The minimum atomic E-state index is -0.600. The molecule has 1 atom stereocenters. The van der Waals surface area contributed by atoms with Gasteiger partial charge in [0.2, 0.25) is 17.8 Å². The summed E-state index contributed by atoms with van der Waals surface area (Å²) in [4.78, 5) is 48.2. The van der Waals surface area contributed by atoms with Crippen molar-refractivity contribution in [2.24, 2.45) is 5.92 Å². The number of carbonyl (C=O) groups excluding carboxylic acids is 2. The second-order valence-electron chi connectivity index (χ2n) is 10.1. The zero-order chi connectivity index (χ0) is 28.8. The van der Waals surface area contributed by atoms with Crippen LogP contribution in [-0.4, -0.2) is 55.0 Å². The van der Waals surface area contributed by atoms with Crippen LogP contribution < -0.4 is 20.5 Å². The lowest BCUT2D eigenvalue weighted by Gasteiger charge is -2.19. The van der Waals surface area contributed by atoms with Crippen molar-refractivity contribution in [2.45, 2.75) is 27.2 Å². The lowest BCUT2D eigenvalue weighted by molar-refractivity contribution is -0.122. The summed E-state index contributed by atoms with van der Waals surface area (Å²) in [5, 5.41) is 12.1. The van der Waals surface area contributed by atoms with Crippen LogP contribution in [0.15, 0.2) is 59.5 Å². The molecule has 2 N–H and O–H groups in total. The topological polar surface area (TPSA) is 140 Å². The summed E-state index contributed by atoms with van der Waals surface area (Å²) in [6.45, 7) is 6.00. The summed E-state index contributed by atoms with van der Waals surface area (Å²) in [7, 11) is 1.54. The number of carbonyl (C=O) groups is 2. The molecule has 1 aliphatic rings. The molecule has 0 spiro atoms. The average Bonchev–Trinajstić information content (AvgIpc) is 3.66. The molecular weight excluding hydrogens is 524 g/mol. The van der Waals surface area contributed by atoms with Crippen LogP contribution in [0.4, 0.5) is 11.5 Å². The highest BCUT2D eigenvalue weighted by Gasteiger charge is 2.36. The van der Waals surface area contributed by atoms with E-state index in [1.54, 1.807) is 34.7 Å². The fraction of sp³-hybridized carbons (Fsp3) is 0.241. The maximum absolute atomic E-state index is 13.4. The van der Waals surface area contributed by atoms with Crippen molar-refractivity contribution in [1.29, 1.82) is 0 Å². The minimum Gasteiger partial charge on any atom is -0.495 e. The molecule has 5 aromatic rings. The first-order valence-corrected chi connectivity index (χ1v) is 13.1. The summed E-state index contributed by atoms with van der Waals surface area (Å²) in [6, 6.07) is 14.8. The molecule has 12 nitrogen and oxygen atoms in total. The van der Waals surface area contributed by atoms with Gasteiger partial charge in [0.25, 0.3) is 5.56 Å². The Hall–Kier alpha value is -5.26. The zero-order valence-electron chi connectivity index (χ0n) is 23.0. The molecule has 2 aromatic carbocycles. The zero-order valence-corrected chi connectivity index (χ0v) is 23.0. The number of H-pyrrole nitrogens is 1. The monoisotopic (exact) mass is 552 g/mol. The molecule has 1 fully saturated rings. The van der Waals surface area contributed by atoms with Gasteiger partial charge in [0, 0.05) is 19.0 Å². The maximum Gasteiger partial charge on any atom is 0.263 e. The molecule has 2 amide bonds. The van der Waals surface area contributed by atoms with Crippen LogP contribution in [0.3, 0.4) is 0 Å². The Morgan fingerprint density at radius 1 is 1.05 bits per heavy atom. The van der Waals surface area contributed by atoms with E-state index in [0.29, 0.717) is 34.0 Å². The number of rotatable bonds is 6. The first kappa shape index (κ1) is 26.0. The molecule has 0 radical (unpaired) electrons. The fourth-order valence-corrected chi connectivity index (χ4v) is 5.00. The van der Waals surface area contributed by atoms with Crippen molar-refractivity contribution in [3.8, 4) is 17.4 Å². The molecule has 12 heteroatoms. The number of nitrogens with zero attached hydrogens (tertiary/aromatic N) is 6. The smallest absolute Gasteiger partial charge is 0.263 e. The number of amides is 2. The number of nitrogens with one attached hydrogen (secondary N) is 2. The van der Waals surface area contributed by atoms with Crippen LogP contribution in [0.5, 0.6) is 5.75 Å². The molecule has 208 valence electrons. The molecule has 0 aliphatic carbocycles. The number of aryl methyl sites for hydroxylation is 3. The Bertz CT molecular complexity index is 1890. The summed E-state index contributed by atoms with van der Waals surface area (Å²) in [6.07, 6.45) is 1.52. The standard InChI is InChI=1S/C29H28N8O4/c1-16-9-10-20(11-17(16)2)36-26-21(14-30-36)28(40)33-29(32-26)37-24(12-18(3)34-37)31-27(39)19-13-25(38)35(15-19)22-7-5-6-8-23(22)41-4/h5-12,14,19H,13,15H2,1-4H3,(H,31,39)(H,32,33,40). The van der Waals surface area contributed by atoms with Crippen molar-refractivity contribution in [1.82, 2.24) is 29.5 Å². The van der Waals surface area contributed by atoms with Crippen LogP contribution in [-0.2, 0) is 9.59 Å². The fourth-order valence-electron chi connectivity index (χ4n) is 5.00. The van der Waals surface area contributed by atoms with E-state index in [2.05, 4.69) is 25.5 Å². The first-order chi connectivity index (χ1) is 19.7. The van der Waals surface area contributed by atoms with Crippen molar-refractivity contribution in [3.05, 3.63) is 81.9 Å². The highest BCUT2D eigenvalue weighted by Crippen LogP contribution is 2.33. The van der Waals surface area contributed by atoms with Crippen molar-refractivity contribution >= 4 is 34.4 Å². The number of fused-ring (bicyclic) bond motifs is 1. The molecule has 6 rings (SSSR count). The third kappa shape index (κ3) is 4.62. The number of aromatic nitrogens is 6. The van der Waals surface area contributed by atoms with E-state index < -0.39 is 5.92 Å². The predicted octanol–water partition coefficient (Wildman–Crippen LogP) is 3.22. The number of ether oxygens (including phenoxy) is 1. The van der Waals surface area contributed by atoms with Gasteiger partial charge in [-0.25, -0.2) is 4.68 Å². The summed E-state index contributed by atoms with van der Waals surface area (Å²) >= 11 is 0. The summed E-state index contributed by atoms with van der Waals surface area (Å²) in [5.74, 6) is -0.126. The average molecular weight is 553 g/mol. The van der Waals surface area contributed by atoms with E-state index in [9.17, 15) is 14.4 Å². The molecule has 0 bridgehead atoms. The van der Waals surface area contributed by atoms with Gasteiger partial charge in [0.1, 0.15) is 17.0 Å². The number of methoxy groups -OCH3 is 1. The van der Waals surface area contributed by atoms with Crippen LogP contribution in [0.25, 0.3) is 22.7 Å². The van der Waals surface area contributed by atoms with Crippen LogP contribution in [0.1, 0.15) is 23.2 Å². The van der Waals surface area contributed by atoms with Gasteiger partial charge in [-0.05, 0) is 56.2 Å². The Morgan fingerprint density at radius 3 is 2.63 bits per heavy atom. The summed E-state index contributed by atoms with van der Waals surface area (Å²) in [5.41, 5.74) is 4.17. The molecule has 1 unspecified atom stereocenters. The lowest BCUT2D eigenvalue weighted by atomic mass is 10.1. The molecule has 41 heavy (non-hydrogen) atoms. The van der Waals surface area contributed by atoms with E-state index in [4.69, 9.17) is 4.74 Å². The Morgan fingerprint density at radius 2 is 1.85 bits per heavy atom. The van der Waals surface area contributed by atoms with Crippen LogP contribution in [0, 0.1) is 26.7 Å². The van der Waals surface area contributed by atoms with Crippen molar-refractivity contribution in [3.63, 3.8) is 0 Å². The number of para-hydroxylation sites is 2. The van der Waals surface area contributed by atoms with E-state index in [1.165, 1.54) is 18.0 Å². The maximum atomic E-state index is 13.4. The van der Waals surface area contributed by atoms with Crippen LogP contribution >= 0.6 is 0 Å². The first-order valence-electron chi connectivity index (χ1n) is 13.1. The molecule has 1 saturated heterocycles. The highest BCUT2D eigenvalue weighted by atomic mass is 16.5. The SMILES string of the molecule is COc1ccccc1N1CC(C(=O)Nc2cc(C)nn2-c2nc3c(cnn3-c3ccc(C)c(C)c3)c(=O)[nH]2)CC1=O. The van der Waals surface area contributed by atoms with Crippen LogP contribution in [0.2, 0.25) is 0 Å². The Kier molecular flexibility index (Phi) is 6.37. The van der Waals surface area contributed by atoms with Gasteiger partial charge in [-0.1, -0.05) is 18.2 Å². The van der Waals surface area contributed by atoms with Gasteiger partial charge in [0.15, 0.2) is 5.65 Å². The number of hydrogen-bond donors (Lipinski definition) is 2. The van der Waals surface area contributed by atoms with Crippen molar-refractivity contribution < 1.29 is 14.3 Å². The summed E-state index contributed by atoms with van der Waals surface area (Å²) < 4.78 is 8.38. The second kappa shape index (κ2) is 10.0. The second-order valence-corrected chi connectivity index (χ2v) is 10.1. The van der Waals surface area contributed by atoms with Gasteiger partial charge in [-0.15, -0.1) is 0 Å². The number of hydrogen-bond acceptors (Lipinski definition) is 7. The molecule has 1 aliphatic heterocycles. The third-order valence-electron chi connectivity index (χ3n) is 7.32. The van der Waals surface area contributed by atoms with Gasteiger partial charge < -0.3 is 15.0 Å². The van der Waals surface area contributed by atoms with E-state index in [1.807, 2.05) is 44.2 Å². The molecular formula is C29H28N8O4. The van der Waals surface area contributed by atoms with Gasteiger partial charge in [-0.3, -0.25) is 19.4 Å². The quantitative estimate of drug-likeness (QED) is 0.330. The number of aromatic amines is 1. The molecule has 4 heterocycles. The van der Waals surface area contributed by atoms with E-state index >= 15 is 0 Å². The van der Waals surface area contributed by atoms with Gasteiger partial charge >= 0.3 is 0 Å². The van der Waals surface area contributed by atoms with Gasteiger partial charge in [-0.2, -0.15) is 19.9 Å². The normalized spacial score (nSPS) is 15.1. The predicted molar refractivity (Wildman–Crippen MR) is 153 cm³/mol. The van der Waals surface area contributed by atoms with E-state index in [-0.39, 0.29) is 36.3 Å². The highest BCUT2D eigenvalue weighted by molar-refractivity contribution is 6.04. The molecule has 0 saturated carbocycles. The van der Waals surface area contributed by atoms with E-state index in [0.717, 1.165) is 16.8 Å². The van der Waals surface area contributed by atoms with Crippen molar-refractivity contribution in [2.75, 3.05) is 23.9 Å². The Balaban J connectivity index is 1.31.